The molecule has 0 atom stereocenters. The van der Waals surface area contributed by atoms with Gasteiger partial charge in [0.25, 0.3) is 0 Å². The highest BCUT2D eigenvalue weighted by Gasteiger charge is 1.95. The third-order valence-corrected chi connectivity index (χ3v) is 2.55. The van der Waals surface area contributed by atoms with Gasteiger partial charge < -0.3 is 0 Å². The van der Waals surface area contributed by atoms with Crippen molar-refractivity contribution in [3.8, 4) is 0 Å². The first kappa shape index (κ1) is 8.79. The third kappa shape index (κ3) is 5.02. The fraction of sp³-hybridized carbons (Fsp3) is 0.600. The van der Waals surface area contributed by atoms with Crippen LogP contribution in [0.15, 0.2) is 22.9 Å². The van der Waals surface area contributed by atoms with E-state index in [1.165, 1.54) is 38.5 Å². The van der Waals surface area contributed by atoms with E-state index in [1.54, 1.807) is 11.3 Å². The molecule has 1 aliphatic carbocycles. The fourth-order valence-corrected chi connectivity index (χ4v) is 1.74. The summed E-state index contributed by atoms with van der Waals surface area (Å²) in [6, 6.07) is 4.04. The number of rotatable bonds is 0. The van der Waals surface area contributed by atoms with E-state index < -0.39 is 0 Å². The highest BCUT2D eigenvalue weighted by Crippen LogP contribution is 2.15. The van der Waals surface area contributed by atoms with Crippen molar-refractivity contribution in [2.75, 3.05) is 0 Å². The van der Waals surface area contributed by atoms with E-state index in [1.807, 2.05) is 22.9 Å². The first-order chi connectivity index (χ1) is 5.50. The highest BCUT2D eigenvalue weighted by molar-refractivity contribution is 7.07. The summed E-state index contributed by atoms with van der Waals surface area (Å²) in [7, 11) is 0. The SMILES string of the molecule is C1CCCCC1.c1ccsc1. The van der Waals surface area contributed by atoms with Crippen molar-refractivity contribution in [3.63, 3.8) is 0 Å². The van der Waals surface area contributed by atoms with Crippen molar-refractivity contribution in [1.29, 1.82) is 0 Å². The summed E-state index contributed by atoms with van der Waals surface area (Å²) in [5.74, 6) is 0. The molecule has 1 aromatic heterocycles. The van der Waals surface area contributed by atoms with Crippen LogP contribution in [0.25, 0.3) is 0 Å². The van der Waals surface area contributed by atoms with Gasteiger partial charge in [-0.3, -0.25) is 0 Å². The molecule has 62 valence electrons. The minimum absolute atomic E-state index is 1.50. The Labute approximate surface area is 73.3 Å². The minimum atomic E-state index is 1.50. The molecule has 0 spiro atoms. The van der Waals surface area contributed by atoms with Gasteiger partial charge in [0, 0.05) is 0 Å². The summed E-state index contributed by atoms with van der Waals surface area (Å²) in [6.45, 7) is 0. The Bertz CT molecular complexity index is 111. The molecule has 1 aliphatic rings. The lowest BCUT2D eigenvalue weighted by Gasteiger charge is -2.05. The van der Waals surface area contributed by atoms with Crippen LogP contribution < -0.4 is 0 Å². The molecule has 1 heterocycles. The van der Waals surface area contributed by atoms with Crippen molar-refractivity contribution in [3.05, 3.63) is 22.9 Å². The van der Waals surface area contributed by atoms with Crippen molar-refractivity contribution in [1.82, 2.24) is 0 Å². The van der Waals surface area contributed by atoms with Gasteiger partial charge in [-0.15, -0.1) is 0 Å². The van der Waals surface area contributed by atoms with Crippen LogP contribution >= 0.6 is 11.3 Å². The molecule has 1 heteroatoms. The Hall–Kier alpha value is -0.300. The summed E-state index contributed by atoms with van der Waals surface area (Å²) < 4.78 is 0. The lowest BCUT2D eigenvalue weighted by atomic mass is 10.0. The lowest BCUT2D eigenvalue weighted by molar-refractivity contribution is 0.504. The van der Waals surface area contributed by atoms with Gasteiger partial charge in [0.1, 0.15) is 0 Å². The zero-order valence-electron chi connectivity index (χ0n) is 6.96. The average Bonchev–Trinajstić information content (AvgIpc) is 2.64. The maximum absolute atomic E-state index is 2.04. The van der Waals surface area contributed by atoms with Crippen LogP contribution in [0.1, 0.15) is 38.5 Å². The summed E-state index contributed by atoms with van der Waals surface area (Å²) in [5, 5.41) is 4.08. The van der Waals surface area contributed by atoms with Crippen molar-refractivity contribution < 1.29 is 0 Å². The molecule has 0 saturated heterocycles. The number of hydrogen-bond donors (Lipinski definition) is 0. The highest BCUT2D eigenvalue weighted by atomic mass is 32.1. The van der Waals surface area contributed by atoms with E-state index in [2.05, 4.69) is 0 Å². The normalized spacial score (nSPS) is 16.7. The van der Waals surface area contributed by atoms with Crippen molar-refractivity contribution in [2.45, 2.75) is 38.5 Å². The van der Waals surface area contributed by atoms with Gasteiger partial charge in [-0.05, 0) is 10.8 Å². The number of thiophene rings is 1. The van der Waals surface area contributed by atoms with Crippen molar-refractivity contribution >= 4 is 11.3 Å². The molecule has 0 N–H and O–H groups in total. The molecule has 0 bridgehead atoms. The minimum Gasteiger partial charge on any atom is -0.152 e. The van der Waals surface area contributed by atoms with Crippen LogP contribution in [0.2, 0.25) is 0 Å². The Balaban J connectivity index is 0.000000112. The van der Waals surface area contributed by atoms with E-state index in [0.29, 0.717) is 0 Å². The quantitative estimate of drug-likeness (QED) is 0.547. The Morgan fingerprint density at radius 2 is 1.00 bits per heavy atom. The van der Waals surface area contributed by atoms with Gasteiger partial charge in [-0.2, -0.15) is 11.3 Å². The van der Waals surface area contributed by atoms with Crippen LogP contribution in [0.4, 0.5) is 0 Å². The lowest BCUT2D eigenvalue weighted by Crippen LogP contribution is -1.85. The molecular weight excluding hydrogens is 152 g/mol. The van der Waals surface area contributed by atoms with Gasteiger partial charge in [-0.25, -0.2) is 0 Å². The summed E-state index contributed by atoms with van der Waals surface area (Å²) in [5.41, 5.74) is 0. The van der Waals surface area contributed by atoms with Crippen LogP contribution in [0.3, 0.4) is 0 Å². The Morgan fingerprint density at radius 3 is 1.18 bits per heavy atom. The predicted octanol–water partition coefficient (Wildman–Crippen LogP) is 4.09. The maximum Gasteiger partial charge on any atom is -0.00934 e. The molecule has 0 amide bonds. The topological polar surface area (TPSA) is 0 Å². The summed E-state index contributed by atoms with van der Waals surface area (Å²) >= 11 is 1.71. The largest absolute Gasteiger partial charge is 0.152 e. The second-order valence-electron chi connectivity index (χ2n) is 2.91. The van der Waals surface area contributed by atoms with Gasteiger partial charge in [0.2, 0.25) is 0 Å². The molecule has 2 rings (SSSR count). The molecule has 1 aromatic rings. The second-order valence-corrected chi connectivity index (χ2v) is 3.73. The molecule has 1 saturated carbocycles. The van der Waals surface area contributed by atoms with Gasteiger partial charge in [0.15, 0.2) is 0 Å². The van der Waals surface area contributed by atoms with Gasteiger partial charge in [-0.1, -0.05) is 50.7 Å². The standard InChI is InChI=1S/C6H12.C4H4S/c1-2-4-6-5-3-1;1-2-4-5-3-1/h1-6H2;1-4H. The summed E-state index contributed by atoms with van der Waals surface area (Å²) in [4.78, 5) is 0. The zero-order valence-corrected chi connectivity index (χ0v) is 7.78. The van der Waals surface area contributed by atoms with E-state index >= 15 is 0 Å². The Kier molecular flexibility index (Phi) is 5.13. The molecule has 0 aromatic carbocycles. The fourth-order valence-electron chi connectivity index (χ4n) is 1.29. The third-order valence-electron chi connectivity index (χ3n) is 1.93. The molecule has 0 nitrogen and oxygen atoms in total. The first-order valence-electron chi connectivity index (χ1n) is 4.47. The van der Waals surface area contributed by atoms with Crippen LogP contribution in [-0.2, 0) is 0 Å². The molecular formula is C10H16S. The van der Waals surface area contributed by atoms with Gasteiger partial charge in [0.05, 0.1) is 0 Å². The average molecular weight is 168 g/mol. The van der Waals surface area contributed by atoms with E-state index in [9.17, 15) is 0 Å². The molecule has 11 heavy (non-hydrogen) atoms. The molecule has 0 aliphatic heterocycles. The van der Waals surface area contributed by atoms with E-state index in [4.69, 9.17) is 0 Å². The molecule has 0 unspecified atom stereocenters. The Morgan fingerprint density at radius 1 is 0.636 bits per heavy atom. The number of hydrogen-bond acceptors (Lipinski definition) is 1. The van der Waals surface area contributed by atoms with Crippen LogP contribution in [0.5, 0.6) is 0 Å². The van der Waals surface area contributed by atoms with Crippen LogP contribution in [-0.4, -0.2) is 0 Å². The monoisotopic (exact) mass is 168 g/mol. The second kappa shape index (κ2) is 6.41. The van der Waals surface area contributed by atoms with Crippen LogP contribution in [0, 0.1) is 0 Å². The van der Waals surface area contributed by atoms with Gasteiger partial charge >= 0.3 is 0 Å². The molecule has 0 radical (unpaired) electrons. The smallest absolute Gasteiger partial charge is 0.00934 e. The zero-order chi connectivity index (χ0) is 7.78. The molecule has 1 fully saturated rings. The summed E-state index contributed by atoms with van der Waals surface area (Å²) in [6.07, 6.45) is 9.00. The maximum atomic E-state index is 2.04. The first-order valence-corrected chi connectivity index (χ1v) is 5.41. The van der Waals surface area contributed by atoms with Crippen molar-refractivity contribution in [2.24, 2.45) is 0 Å². The van der Waals surface area contributed by atoms with E-state index in [0.717, 1.165) is 0 Å². The van der Waals surface area contributed by atoms with E-state index in [-0.39, 0.29) is 0 Å². The predicted molar refractivity (Wildman–Crippen MR) is 52.0 cm³/mol.